The number of aromatic nitrogens is 1. The molecule has 28 heavy (non-hydrogen) atoms. The van der Waals surface area contributed by atoms with Gasteiger partial charge >= 0.3 is 0 Å². The van der Waals surface area contributed by atoms with Crippen LogP contribution in [0.5, 0.6) is 5.75 Å². The van der Waals surface area contributed by atoms with Gasteiger partial charge in [-0.2, -0.15) is 4.99 Å². The van der Waals surface area contributed by atoms with Gasteiger partial charge in [-0.05, 0) is 61.2 Å². The van der Waals surface area contributed by atoms with Crippen molar-refractivity contribution in [3.63, 3.8) is 0 Å². The number of unbranched alkanes of at least 4 members (excludes halogenated alkanes) is 1. The number of rotatable bonds is 8. The zero-order valence-corrected chi connectivity index (χ0v) is 17.7. The van der Waals surface area contributed by atoms with Crippen LogP contribution in [0.2, 0.25) is 0 Å². The molecular formula is C23H28N2O2S. The molecule has 1 heterocycles. The molecule has 5 heteroatoms. The summed E-state index contributed by atoms with van der Waals surface area (Å²) in [5, 5.41) is 0. The number of nitrogens with zero attached hydrogens (tertiary/aromatic N) is 2. The maximum Gasteiger partial charge on any atom is 0.279 e. The Kier molecular flexibility index (Phi) is 7.04. The Morgan fingerprint density at radius 3 is 2.54 bits per heavy atom. The second-order valence-electron chi connectivity index (χ2n) is 6.84. The molecule has 3 rings (SSSR count). The fraction of sp³-hybridized carbons (Fsp3) is 0.391. The molecule has 0 N–H and O–H groups in total. The maximum absolute atomic E-state index is 12.7. The first kappa shape index (κ1) is 20.3. The average Bonchev–Trinajstić information content (AvgIpc) is 3.05. The summed E-state index contributed by atoms with van der Waals surface area (Å²) in [6, 6.07) is 13.8. The number of hydrogen-bond acceptors (Lipinski definition) is 3. The van der Waals surface area contributed by atoms with Crippen molar-refractivity contribution in [3.05, 3.63) is 58.4 Å². The van der Waals surface area contributed by atoms with Gasteiger partial charge in [0, 0.05) is 12.1 Å². The number of carbonyl (C=O) groups is 1. The Morgan fingerprint density at radius 1 is 1.07 bits per heavy atom. The third-order valence-electron chi connectivity index (χ3n) is 4.67. The summed E-state index contributed by atoms with van der Waals surface area (Å²) >= 11 is 1.58. The summed E-state index contributed by atoms with van der Waals surface area (Å²) in [4.78, 5) is 17.9. The van der Waals surface area contributed by atoms with Crippen LogP contribution < -0.4 is 9.54 Å². The molecule has 0 atom stereocenters. The molecule has 1 amide bonds. The Hall–Kier alpha value is -2.40. The van der Waals surface area contributed by atoms with Crippen molar-refractivity contribution in [2.75, 3.05) is 6.61 Å². The second-order valence-corrected chi connectivity index (χ2v) is 7.84. The Balaban J connectivity index is 1.90. The number of benzene rings is 2. The van der Waals surface area contributed by atoms with Gasteiger partial charge in [0.05, 0.1) is 16.8 Å². The minimum atomic E-state index is -0.216. The fourth-order valence-electron chi connectivity index (χ4n) is 3.04. The third kappa shape index (κ3) is 4.71. The molecule has 3 aromatic rings. The molecule has 0 radical (unpaired) electrons. The lowest BCUT2D eigenvalue weighted by molar-refractivity contribution is 0.0998. The monoisotopic (exact) mass is 396 g/mol. The average molecular weight is 397 g/mol. The summed E-state index contributed by atoms with van der Waals surface area (Å²) in [6.07, 6.45) is 4.12. The third-order valence-corrected chi connectivity index (χ3v) is 5.71. The van der Waals surface area contributed by atoms with Gasteiger partial charge in [0.2, 0.25) is 0 Å². The summed E-state index contributed by atoms with van der Waals surface area (Å²) in [6.45, 7) is 7.97. The second kappa shape index (κ2) is 9.69. The van der Waals surface area contributed by atoms with E-state index in [4.69, 9.17) is 4.74 Å². The van der Waals surface area contributed by atoms with Gasteiger partial charge in [0.1, 0.15) is 5.75 Å². The minimum Gasteiger partial charge on any atom is -0.494 e. The van der Waals surface area contributed by atoms with Crippen molar-refractivity contribution in [2.45, 2.75) is 53.0 Å². The van der Waals surface area contributed by atoms with Crippen molar-refractivity contribution in [2.24, 2.45) is 4.99 Å². The standard InChI is InChI=1S/C23H28N2O2S/c1-4-7-15-27-19-11-9-18(10-12-19)22(26)24-23-25(14-5-2)20-13-8-17(6-3)16-21(20)28-23/h8-13,16H,4-7,14-15H2,1-3H3. The van der Waals surface area contributed by atoms with E-state index in [2.05, 4.69) is 48.5 Å². The van der Waals surface area contributed by atoms with Crippen LogP contribution >= 0.6 is 11.3 Å². The predicted molar refractivity (Wildman–Crippen MR) is 116 cm³/mol. The molecule has 2 aromatic carbocycles. The molecule has 1 aromatic heterocycles. The number of thiazole rings is 1. The van der Waals surface area contributed by atoms with Gasteiger partial charge in [-0.1, -0.05) is 44.6 Å². The van der Waals surface area contributed by atoms with Gasteiger partial charge in [-0.15, -0.1) is 0 Å². The van der Waals surface area contributed by atoms with Crippen molar-refractivity contribution < 1.29 is 9.53 Å². The summed E-state index contributed by atoms with van der Waals surface area (Å²) in [5.74, 6) is 0.576. The molecule has 0 unspecified atom stereocenters. The SMILES string of the molecule is CCCCOc1ccc(C(=O)N=c2sc3cc(CC)ccc3n2CCC)cc1. The highest BCUT2D eigenvalue weighted by molar-refractivity contribution is 7.16. The summed E-state index contributed by atoms with van der Waals surface area (Å²) < 4.78 is 9.00. The predicted octanol–water partition coefficient (Wildman–Crippen LogP) is 5.60. The van der Waals surface area contributed by atoms with Gasteiger partial charge < -0.3 is 9.30 Å². The van der Waals surface area contributed by atoms with Crippen LogP contribution in [0, 0.1) is 0 Å². The van der Waals surface area contributed by atoms with E-state index in [0.29, 0.717) is 12.2 Å². The lowest BCUT2D eigenvalue weighted by Gasteiger charge is -2.05. The van der Waals surface area contributed by atoms with E-state index in [0.717, 1.165) is 48.3 Å². The van der Waals surface area contributed by atoms with E-state index in [1.807, 2.05) is 12.1 Å². The topological polar surface area (TPSA) is 43.6 Å². The molecule has 0 saturated carbocycles. The van der Waals surface area contributed by atoms with E-state index in [1.165, 1.54) is 10.3 Å². The highest BCUT2D eigenvalue weighted by atomic mass is 32.1. The van der Waals surface area contributed by atoms with Crippen LogP contribution in [-0.2, 0) is 13.0 Å². The van der Waals surface area contributed by atoms with Crippen LogP contribution in [0.4, 0.5) is 0 Å². The van der Waals surface area contributed by atoms with Crippen molar-refractivity contribution in [3.8, 4) is 5.75 Å². The molecular weight excluding hydrogens is 368 g/mol. The summed E-state index contributed by atoms with van der Waals surface area (Å²) in [7, 11) is 0. The first-order valence-corrected chi connectivity index (χ1v) is 10.9. The van der Waals surface area contributed by atoms with E-state index in [9.17, 15) is 4.79 Å². The van der Waals surface area contributed by atoms with Crippen LogP contribution in [0.3, 0.4) is 0 Å². The summed E-state index contributed by atoms with van der Waals surface area (Å²) in [5.41, 5.74) is 3.03. The van der Waals surface area contributed by atoms with Crippen molar-refractivity contribution in [1.29, 1.82) is 0 Å². The van der Waals surface area contributed by atoms with Gasteiger partial charge in [-0.3, -0.25) is 4.79 Å². The number of ether oxygens (including phenoxy) is 1. The molecule has 0 aliphatic carbocycles. The number of aryl methyl sites for hydroxylation is 2. The fourth-order valence-corrected chi connectivity index (χ4v) is 4.16. The molecule has 0 bridgehead atoms. The number of hydrogen-bond donors (Lipinski definition) is 0. The zero-order chi connectivity index (χ0) is 19.9. The first-order valence-electron chi connectivity index (χ1n) is 10.1. The zero-order valence-electron chi connectivity index (χ0n) is 16.9. The molecule has 0 spiro atoms. The first-order chi connectivity index (χ1) is 13.7. The molecule has 0 aliphatic heterocycles. The van der Waals surface area contributed by atoms with Crippen LogP contribution in [0.25, 0.3) is 10.2 Å². The smallest absolute Gasteiger partial charge is 0.279 e. The molecule has 0 fully saturated rings. The highest BCUT2D eigenvalue weighted by Crippen LogP contribution is 2.20. The number of amides is 1. The quantitative estimate of drug-likeness (QED) is 0.466. The van der Waals surface area contributed by atoms with Crippen molar-refractivity contribution in [1.82, 2.24) is 4.57 Å². The van der Waals surface area contributed by atoms with E-state index < -0.39 is 0 Å². The lowest BCUT2D eigenvalue weighted by Crippen LogP contribution is -2.16. The molecule has 4 nitrogen and oxygen atoms in total. The largest absolute Gasteiger partial charge is 0.494 e. The number of carbonyl (C=O) groups excluding carboxylic acids is 1. The van der Waals surface area contributed by atoms with Crippen LogP contribution in [0.1, 0.15) is 56.0 Å². The van der Waals surface area contributed by atoms with E-state index in [1.54, 1.807) is 23.5 Å². The molecule has 0 aliphatic rings. The molecule has 0 saturated heterocycles. The van der Waals surface area contributed by atoms with Gasteiger partial charge in [0.15, 0.2) is 4.80 Å². The van der Waals surface area contributed by atoms with Gasteiger partial charge in [-0.25, -0.2) is 0 Å². The van der Waals surface area contributed by atoms with Crippen molar-refractivity contribution >= 4 is 27.5 Å². The van der Waals surface area contributed by atoms with Crippen LogP contribution in [-0.4, -0.2) is 17.1 Å². The Morgan fingerprint density at radius 2 is 1.86 bits per heavy atom. The van der Waals surface area contributed by atoms with Gasteiger partial charge in [0.25, 0.3) is 5.91 Å². The minimum absolute atomic E-state index is 0.216. The normalized spacial score (nSPS) is 11.9. The van der Waals surface area contributed by atoms with E-state index >= 15 is 0 Å². The lowest BCUT2D eigenvalue weighted by atomic mass is 10.2. The molecule has 148 valence electrons. The Bertz CT molecular complexity index is 1000. The van der Waals surface area contributed by atoms with E-state index in [-0.39, 0.29) is 5.91 Å². The highest BCUT2D eigenvalue weighted by Gasteiger charge is 2.10. The van der Waals surface area contributed by atoms with Crippen LogP contribution in [0.15, 0.2) is 47.5 Å². The maximum atomic E-state index is 12.7. The Labute approximate surface area is 170 Å². The number of fused-ring (bicyclic) bond motifs is 1.